The first-order valence-corrected chi connectivity index (χ1v) is 3.76. The molecule has 0 aromatic rings. The van der Waals surface area contributed by atoms with Gasteiger partial charge in [-0.2, -0.15) is 0 Å². The van der Waals surface area contributed by atoms with Crippen LogP contribution in [0.1, 0.15) is 6.42 Å². The zero-order valence-electron chi connectivity index (χ0n) is 7.81. The Balaban J connectivity index is 3.89. The van der Waals surface area contributed by atoms with Gasteiger partial charge in [0.05, 0.1) is 13.3 Å². The lowest BCUT2D eigenvalue weighted by Crippen LogP contribution is -2.38. The van der Waals surface area contributed by atoms with E-state index in [4.69, 9.17) is 0 Å². The van der Waals surface area contributed by atoms with Crippen LogP contribution in [0.25, 0.3) is 0 Å². The summed E-state index contributed by atoms with van der Waals surface area (Å²) in [6, 6.07) is 0. The predicted molar refractivity (Wildman–Crippen MR) is 47.7 cm³/mol. The number of hydrogen-bond acceptors (Lipinski definition) is 4. The third-order valence-electron chi connectivity index (χ3n) is 1.62. The van der Waals surface area contributed by atoms with E-state index < -0.39 is 0 Å². The number of rotatable bonds is 5. The maximum atomic E-state index is 10.9. The normalized spacial score (nSPS) is 10.0. The van der Waals surface area contributed by atoms with E-state index in [2.05, 4.69) is 21.9 Å². The second-order valence-electron chi connectivity index (χ2n) is 2.43. The molecule has 0 unspecified atom stereocenters. The van der Waals surface area contributed by atoms with Crippen LogP contribution in [-0.2, 0) is 9.53 Å². The summed E-state index contributed by atoms with van der Waals surface area (Å²) in [5.41, 5.74) is 0.464. The van der Waals surface area contributed by atoms with E-state index in [1.54, 1.807) is 0 Å². The molecule has 0 aliphatic rings. The van der Waals surface area contributed by atoms with Crippen molar-refractivity contribution in [2.75, 3.05) is 21.2 Å². The highest BCUT2D eigenvalue weighted by molar-refractivity contribution is 5.87. The Morgan fingerprint density at radius 3 is 2.33 bits per heavy atom. The Morgan fingerprint density at radius 2 is 2.00 bits per heavy atom. The van der Waals surface area contributed by atoms with Gasteiger partial charge in [0.15, 0.2) is 0 Å². The minimum Gasteiger partial charge on any atom is -0.466 e. The highest BCUT2D eigenvalue weighted by Gasteiger charge is 2.11. The Hall–Kier alpha value is -0.870. The van der Waals surface area contributed by atoms with Crippen molar-refractivity contribution < 1.29 is 9.53 Å². The first-order valence-electron chi connectivity index (χ1n) is 3.76. The van der Waals surface area contributed by atoms with E-state index >= 15 is 0 Å². The third-order valence-corrected chi connectivity index (χ3v) is 1.62. The van der Waals surface area contributed by atoms with E-state index in [1.807, 2.05) is 14.1 Å². The smallest absolute Gasteiger partial charge is 0.333 e. The molecule has 0 fully saturated rings. The highest BCUT2D eigenvalue weighted by atomic mass is 16.5. The number of nitrogens with one attached hydrogen (secondary N) is 2. The second-order valence-corrected chi connectivity index (χ2v) is 2.43. The van der Waals surface area contributed by atoms with Crippen LogP contribution in [0.15, 0.2) is 12.2 Å². The van der Waals surface area contributed by atoms with E-state index in [1.165, 1.54) is 7.11 Å². The van der Waals surface area contributed by atoms with Crippen molar-refractivity contribution >= 4 is 5.97 Å². The van der Waals surface area contributed by atoms with Crippen LogP contribution in [-0.4, -0.2) is 33.3 Å². The molecule has 0 radical (unpaired) electrons. The maximum absolute atomic E-state index is 10.9. The van der Waals surface area contributed by atoms with Crippen LogP contribution in [0.2, 0.25) is 0 Å². The van der Waals surface area contributed by atoms with E-state index in [0.29, 0.717) is 12.0 Å². The molecule has 12 heavy (non-hydrogen) atoms. The van der Waals surface area contributed by atoms with Crippen molar-refractivity contribution in [2.24, 2.45) is 0 Å². The summed E-state index contributed by atoms with van der Waals surface area (Å²) in [6.07, 6.45) is 0.608. The van der Waals surface area contributed by atoms with Gasteiger partial charge in [-0.25, -0.2) is 4.79 Å². The fourth-order valence-corrected chi connectivity index (χ4v) is 0.823. The molecule has 0 saturated heterocycles. The number of hydrogen-bond donors (Lipinski definition) is 2. The van der Waals surface area contributed by atoms with Crippen molar-refractivity contribution in [3.8, 4) is 0 Å². The Bertz CT molecular complexity index is 164. The summed E-state index contributed by atoms with van der Waals surface area (Å²) in [5.74, 6) is -0.356. The van der Waals surface area contributed by atoms with Crippen LogP contribution in [0.3, 0.4) is 0 Å². The standard InChI is InChI=1S/C8H16N2O2/c1-6(8(11)12-4)5-7(9-2)10-3/h7,9-10H,1,5H2,2-4H3. The fraction of sp³-hybridized carbons (Fsp3) is 0.625. The monoisotopic (exact) mass is 172 g/mol. The van der Waals surface area contributed by atoms with Crippen molar-refractivity contribution in [3.63, 3.8) is 0 Å². The molecular weight excluding hydrogens is 156 g/mol. The van der Waals surface area contributed by atoms with Gasteiger partial charge in [-0.15, -0.1) is 0 Å². The lowest BCUT2D eigenvalue weighted by Gasteiger charge is -2.14. The average Bonchev–Trinajstić information content (AvgIpc) is 2.12. The Morgan fingerprint density at radius 1 is 1.50 bits per heavy atom. The largest absolute Gasteiger partial charge is 0.466 e. The summed E-state index contributed by atoms with van der Waals surface area (Å²) in [6.45, 7) is 3.61. The first-order chi connectivity index (χ1) is 5.65. The summed E-state index contributed by atoms with van der Waals surface area (Å²) in [7, 11) is 4.97. The zero-order valence-corrected chi connectivity index (χ0v) is 7.81. The predicted octanol–water partition coefficient (Wildman–Crippen LogP) is -0.129. The molecule has 2 N–H and O–H groups in total. The molecule has 0 aromatic heterocycles. The third kappa shape index (κ3) is 3.50. The minimum atomic E-state index is -0.356. The number of carbonyl (C=O) groups is 1. The summed E-state index contributed by atoms with van der Waals surface area (Å²) in [4.78, 5) is 10.9. The summed E-state index contributed by atoms with van der Waals surface area (Å²) in [5, 5.41) is 5.96. The van der Waals surface area contributed by atoms with Crippen molar-refractivity contribution in [1.29, 1.82) is 0 Å². The molecule has 4 heteroatoms. The van der Waals surface area contributed by atoms with Gasteiger partial charge in [-0.3, -0.25) is 0 Å². The number of esters is 1. The lowest BCUT2D eigenvalue weighted by molar-refractivity contribution is -0.136. The molecule has 0 saturated carbocycles. The van der Waals surface area contributed by atoms with E-state index in [-0.39, 0.29) is 12.1 Å². The van der Waals surface area contributed by atoms with Gasteiger partial charge in [0.1, 0.15) is 0 Å². The molecule has 0 spiro atoms. The van der Waals surface area contributed by atoms with Gasteiger partial charge in [0.2, 0.25) is 0 Å². The molecule has 0 aliphatic carbocycles. The molecular formula is C8H16N2O2. The fourth-order valence-electron chi connectivity index (χ4n) is 0.823. The quantitative estimate of drug-likeness (QED) is 0.344. The van der Waals surface area contributed by atoms with Gasteiger partial charge < -0.3 is 15.4 Å². The van der Waals surface area contributed by atoms with E-state index in [9.17, 15) is 4.79 Å². The van der Waals surface area contributed by atoms with E-state index in [0.717, 1.165) is 0 Å². The van der Waals surface area contributed by atoms with Gasteiger partial charge in [0, 0.05) is 12.0 Å². The van der Waals surface area contributed by atoms with Crippen molar-refractivity contribution in [3.05, 3.63) is 12.2 Å². The average molecular weight is 172 g/mol. The topological polar surface area (TPSA) is 50.4 Å². The number of ether oxygens (including phenoxy) is 1. The van der Waals surface area contributed by atoms with Crippen LogP contribution in [0.4, 0.5) is 0 Å². The van der Waals surface area contributed by atoms with Gasteiger partial charge >= 0.3 is 5.97 Å². The molecule has 70 valence electrons. The molecule has 0 rings (SSSR count). The Labute approximate surface area is 73.0 Å². The molecule has 0 amide bonds. The first kappa shape index (κ1) is 11.1. The van der Waals surface area contributed by atoms with Crippen LogP contribution >= 0.6 is 0 Å². The number of carbonyl (C=O) groups excluding carboxylic acids is 1. The highest BCUT2D eigenvalue weighted by Crippen LogP contribution is 2.02. The summed E-state index contributed by atoms with van der Waals surface area (Å²) >= 11 is 0. The SMILES string of the molecule is C=C(CC(NC)NC)C(=O)OC. The Kier molecular flexibility index (Phi) is 5.32. The molecule has 0 aromatic carbocycles. The molecule has 0 bridgehead atoms. The summed E-state index contributed by atoms with van der Waals surface area (Å²) < 4.78 is 4.51. The lowest BCUT2D eigenvalue weighted by atomic mass is 10.2. The number of methoxy groups -OCH3 is 1. The minimum absolute atomic E-state index is 0.0663. The molecule has 0 atom stereocenters. The molecule has 0 aliphatic heterocycles. The van der Waals surface area contributed by atoms with Crippen molar-refractivity contribution in [1.82, 2.24) is 10.6 Å². The van der Waals surface area contributed by atoms with Crippen LogP contribution in [0.5, 0.6) is 0 Å². The van der Waals surface area contributed by atoms with Crippen molar-refractivity contribution in [2.45, 2.75) is 12.6 Å². The molecule has 0 heterocycles. The zero-order chi connectivity index (χ0) is 9.56. The van der Waals surface area contributed by atoms with Crippen LogP contribution < -0.4 is 10.6 Å². The second kappa shape index (κ2) is 5.74. The van der Waals surface area contributed by atoms with Gasteiger partial charge in [-0.05, 0) is 14.1 Å². The van der Waals surface area contributed by atoms with Crippen LogP contribution in [0, 0.1) is 0 Å². The maximum Gasteiger partial charge on any atom is 0.333 e. The molecule has 4 nitrogen and oxygen atoms in total. The van der Waals surface area contributed by atoms with Gasteiger partial charge in [-0.1, -0.05) is 6.58 Å². The van der Waals surface area contributed by atoms with Gasteiger partial charge in [0.25, 0.3) is 0 Å².